The van der Waals surface area contributed by atoms with Gasteiger partial charge in [-0.15, -0.1) is 0 Å². The van der Waals surface area contributed by atoms with Crippen molar-refractivity contribution in [3.8, 4) is 0 Å². The highest BCUT2D eigenvalue weighted by molar-refractivity contribution is 5.96. The summed E-state index contributed by atoms with van der Waals surface area (Å²) in [5.74, 6) is -1.39. The second kappa shape index (κ2) is 11.2. The van der Waals surface area contributed by atoms with Crippen LogP contribution in [0.25, 0.3) is 0 Å². The van der Waals surface area contributed by atoms with Gasteiger partial charge in [0.1, 0.15) is 12.1 Å². The lowest BCUT2D eigenvalue weighted by atomic mass is 9.95. The molecule has 186 valence electrons. The van der Waals surface area contributed by atoms with E-state index in [1.807, 2.05) is 31.1 Å². The predicted octanol–water partition coefficient (Wildman–Crippen LogP) is 0.911. The van der Waals surface area contributed by atoms with Gasteiger partial charge in [0.2, 0.25) is 11.8 Å². The Morgan fingerprint density at radius 1 is 1.03 bits per heavy atom. The zero-order valence-corrected chi connectivity index (χ0v) is 20.3. The number of carbonyl (C=O) groups excluding carboxylic acids is 4. The molecule has 1 saturated heterocycles. The molecule has 2 fully saturated rings. The molecule has 1 aliphatic carbocycles. The van der Waals surface area contributed by atoms with Crippen molar-refractivity contribution in [3.63, 3.8) is 0 Å². The second-order valence-corrected chi connectivity index (χ2v) is 9.32. The standard InChI is InChI=1S/C24H36N6O4/c1-16(21(25)31)26-22(32)20-15-29(23(33)17-9-11-19(12-10-17)28(2)3)13-14-30(20)24(34)27-18-7-5-4-6-8-18/h9-12,16,18,20H,4-8,13-15H2,1-3H3,(H2,25,31)(H,26,32)(H,27,34)/t16-,20-/m1/s1. The fourth-order valence-corrected chi connectivity index (χ4v) is 4.40. The summed E-state index contributed by atoms with van der Waals surface area (Å²) in [4.78, 5) is 55.8. The highest BCUT2D eigenvalue weighted by Gasteiger charge is 2.38. The first kappa shape index (κ1) is 25.3. The quantitative estimate of drug-likeness (QED) is 0.567. The third-order valence-corrected chi connectivity index (χ3v) is 6.58. The first-order valence-corrected chi connectivity index (χ1v) is 11.9. The summed E-state index contributed by atoms with van der Waals surface area (Å²) in [5, 5.41) is 5.63. The van der Waals surface area contributed by atoms with Crippen molar-refractivity contribution in [2.75, 3.05) is 38.6 Å². The summed E-state index contributed by atoms with van der Waals surface area (Å²) < 4.78 is 0. The first-order valence-electron chi connectivity index (χ1n) is 11.9. The monoisotopic (exact) mass is 472 g/mol. The summed E-state index contributed by atoms with van der Waals surface area (Å²) in [6.07, 6.45) is 5.14. The van der Waals surface area contributed by atoms with Crippen molar-refractivity contribution in [1.29, 1.82) is 0 Å². The third-order valence-electron chi connectivity index (χ3n) is 6.58. The molecule has 0 aromatic heterocycles. The summed E-state index contributed by atoms with van der Waals surface area (Å²) in [5.41, 5.74) is 6.78. The smallest absolute Gasteiger partial charge is 0.318 e. The maximum absolute atomic E-state index is 13.2. The van der Waals surface area contributed by atoms with Crippen LogP contribution in [-0.4, -0.2) is 85.4 Å². The number of anilines is 1. The number of rotatable bonds is 6. The van der Waals surface area contributed by atoms with Gasteiger partial charge >= 0.3 is 6.03 Å². The van der Waals surface area contributed by atoms with E-state index in [0.29, 0.717) is 12.1 Å². The van der Waals surface area contributed by atoms with E-state index in [1.165, 1.54) is 18.2 Å². The Kier molecular flexibility index (Phi) is 8.36. The van der Waals surface area contributed by atoms with Crippen LogP contribution < -0.4 is 21.3 Å². The number of hydrogen-bond donors (Lipinski definition) is 3. The van der Waals surface area contributed by atoms with Crippen molar-refractivity contribution >= 4 is 29.4 Å². The average molecular weight is 473 g/mol. The normalized spacial score (nSPS) is 19.8. The van der Waals surface area contributed by atoms with Gasteiger partial charge in [0.25, 0.3) is 5.91 Å². The maximum atomic E-state index is 13.2. The van der Waals surface area contributed by atoms with Crippen molar-refractivity contribution < 1.29 is 19.2 Å². The van der Waals surface area contributed by atoms with E-state index >= 15 is 0 Å². The minimum atomic E-state index is -0.927. The Balaban J connectivity index is 1.75. The van der Waals surface area contributed by atoms with Crippen LogP contribution in [0.3, 0.4) is 0 Å². The molecule has 1 aliphatic heterocycles. The molecule has 1 aromatic carbocycles. The molecule has 1 aromatic rings. The molecule has 0 radical (unpaired) electrons. The molecule has 1 saturated carbocycles. The van der Waals surface area contributed by atoms with E-state index in [-0.39, 0.29) is 31.1 Å². The molecule has 3 rings (SSSR count). The summed E-state index contributed by atoms with van der Waals surface area (Å²) in [6.45, 7) is 2.04. The van der Waals surface area contributed by atoms with Crippen molar-refractivity contribution in [2.45, 2.75) is 57.2 Å². The van der Waals surface area contributed by atoms with Gasteiger partial charge in [-0.2, -0.15) is 0 Å². The van der Waals surface area contributed by atoms with E-state index in [2.05, 4.69) is 10.6 Å². The minimum absolute atomic E-state index is 0.0314. The fraction of sp³-hybridized carbons (Fsp3) is 0.583. The molecule has 0 unspecified atom stereocenters. The molecular formula is C24H36N6O4. The van der Waals surface area contributed by atoms with Crippen molar-refractivity contribution in [2.24, 2.45) is 5.73 Å². The van der Waals surface area contributed by atoms with Crippen LogP contribution in [-0.2, 0) is 9.59 Å². The molecule has 2 aliphatic rings. The Bertz CT molecular complexity index is 897. The molecule has 5 amide bonds. The summed E-state index contributed by atoms with van der Waals surface area (Å²) >= 11 is 0. The molecule has 2 atom stereocenters. The Morgan fingerprint density at radius 3 is 2.26 bits per heavy atom. The topological polar surface area (TPSA) is 128 Å². The number of nitrogens with two attached hydrogens (primary N) is 1. The van der Waals surface area contributed by atoms with Crippen LogP contribution in [0.15, 0.2) is 24.3 Å². The lowest BCUT2D eigenvalue weighted by Crippen LogP contribution is -2.64. The Hall–Kier alpha value is -3.30. The number of benzene rings is 1. The van der Waals surface area contributed by atoms with Gasteiger partial charge in [-0.05, 0) is 44.0 Å². The number of primary amides is 1. The van der Waals surface area contributed by atoms with Crippen LogP contribution in [0, 0.1) is 0 Å². The highest BCUT2D eigenvalue weighted by atomic mass is 16.2. The SMILES string of the molecule is C[C@@H](NC(=O)[C@H]1CN(C(=O)c2ccc(N(C)C)cc2)CCN1C(=O)NC1CCCCC1)C(N)=O. The Labute approximate surface area is 200 Å². The van der Waals surface area contributed by atoms with Gasteiger partial charge in [-0.25, -0.2) is 4.79 Å². The molecule has 34 heavy (non-hydrogen) atoms. The number of nitrogens with zero attached hydrogens (tertiary/aromatic N) is 3. The van der Waals surface area contributed by atoms with Crippen LogP contribution >= 0.6 is 0 Å². The fourth-order valence-electron chi connectivity index (χ4n) is 4.40. The molecule has 1 heterocycles. The van der Waals surface area contributed by atoms with Crippen molar-refractivity contribution in [3.05, 3.63) is 29.8 Å². The molecule has 10 heteroatoms. The van der Waals surface area contributed by atoms with E-state index in [1.54, 1.807) is 17.0 Å². The van der Waals surface area contributed by atoms with Gasteiger partial charge in [0.15, 0.2) is 0 Å². The zero-order valence-electron chi connectivity index (χ0n) is 20.3. The highest BCUT2D eigenvalue weighted by Crippen LogP contribution is 2.20. The lowest BCUT2D eigenvalue weighted by Gasteiger charge is -2.41. The molecule has 0 bridgehead atoms. The van der Waals surface area contributed by atoms with E-state index < -0.39 is 23.9 Å². The molecular weight excluding hydrogens is 436 g/mol. The minimum Gasteiger partial charge on any atom is -0.378 e. The number of amides is 5. The number of nitrogens with one attached hydrogen (secondary N) is 2. The number of urea groups is 1. The predicted molar refractivity (Wildman–Crippen MR) is 129 cm³/mol. The lowest BCUT2D eigenvalue weighted by molar-refractivity contribution is -0.131. The van der Waals surface area contributed by atoms with Gasteiger partial charge in [-0.3, -0.25) is 14.4 Å². The summed E-state index contributed by atoms with van der Waals surface area (Å²) in [7, 11) is 3.84. The number of carbonyl (C=O) groups is 4. The Morgan fingerprint density at radius 2 is 1.68 bits per heavy atom. The van der Waals surface area contributed by atoms with Gasteiger partial charge < -0.3 is 31.1 Å². The zero-order chi connectivity index (χ0) is 24.8. The summed E-state index contributed by atoms with van der Waals surface area (Å²) in [6, 6.07) is 5.18. The van der Waals surface area contributed by atoms with Gasteiger partial charge in [0.05, 0.1) is 6.54 Å². The van der Waals surface area contributed by atoms with E-state index in [9.17, 15) is 19.2 Å². The molecule has 0 spiro atoms. The van der Waals surface area contributed by atoms with E-state index in [4.69, 9.17) is 5.73 Å². The molecule has 4 N–H and O–H groups in total. The second-order valence-electron chi connectivity index (χ2n) is 9.32. The van der Waals surface area contributed by atoms with Crippen molar-refractivity contribution in [1.82, 2.24) is 20.4 Å². The number of hydrogen-bond acceptors (Lipinski definition) is 5. The van der Waals surface area contributed by atoms with Gasteiger partial charge in [0, 0.05) is 44.5 Å². The van der Waals surface area contributed by atoms with E-state index in [0.717, 1.165) is 31.4 Å². The first-order chi connectivity index (χ1) is 16.2. The van der Waals surface area contributed by atoms with Crippen LogP contribution in [0.5, 0.6) is 0 Å². The van der Waals surface area contributed by atoms with Crippen LogP contribution in [0.1, 0.15) is 49.4 Å². The van der Waals surface area contributed by atoms with Crippen LogP contribution in [0.4, 0.5) is 10.5 Å². The maximum Gasteiger partial charge on any atom is 0.318 e. The van der Waals surface area contributed by atoms with Crippen LogP contribution in [0.2, 0.25) is 0 Å². The largest absolute Gasteiger partial charge is 0.378 e. The number of piperazine rings is 1. The molecule has 10 nitrogen and oxygen atoms in total. The average Bonchev–Trinajstić information content (AvgIpc) is 2.83. The third kappa shape index (κ3) is 6.18. The van der Waals surface area contributed by atoms with Gasteiger partial charge in [-0.1, -0.05) is 19.3 Å².